The molecule has 0 fully saturated rings. The molecule has 1 aromatic carbocycles. The zero-order chi connectivity index (χ0) is 30.5. The van der Waals surface area contributed by atoms with Gasteiger partial charge in [-0.2, -0.15) is 17.6 Å². The number of unbranched alkanes of at least 4 members (excludes halogenated alkanes) is 5. The summed E-state index contributed by atoms with van der Waals surface area (Å²) < 4.78 is 62.7. The average molecular weight is 611 g/mol. The van der Waals surface area contributed by atoms with Crippen molar-refractivity contribution >= 4 is 34.2 Å². The Bertz CT molecular complexity index is 1300. The molecule has 2 heterocycles. The van der Waals surface area contributed by atoms with Gasteiger partial charge in [0.25, 0.3) is 0 Å². The third kappa shape index (κ3) is 9.76. The van der Waals surface area contributed by atoms with Gasteiger partial charge in [0, 0.05) is 24.4 Å². The molecule has 0 saturated carbocycles. The number of aliphatic carboxylic acids is 1. The lowest BCUT2D eigenvalue weighted by molar-refractivity contribution is -0.138. The third-order valence-corrected chi connectivity index (χ3v) is 7.21. The molecule has 0 spiro atoms. The SMILES string of the molecule is CCCCCCCCc1ccc(N(C(=O)OCNCCCC(=O)O)c2nc(-c3cccnc3)c(F)s2)cc1C(F)(F)F. The minimum absolute atomic E-state index is 0.0894. The normalized spacial score (nSPS) is 11.5. The lowest BCUT2D eigenvalue weighted by Crippen LogP contribution is -2.31. The highest BCUT2D eigenvalue weighted by Crippen LogP contribution is 2.39. The van der Waals surface area contributed by atoms with E-state index >= 15 is 0 Å². The predicted molar refractivity (Wildman–Crippen MR) is 152 cm³/mol. The number of halogens is 4. The first-order valence-electron chi connectivity index (χ1n) is 13.8. The maximum atomic E-state index is 15.0. The van der Waals surface area contributed by atoms with E-state index in [1.165, 1.54) is 24.5 Å². The number of aryl methyl sites for hydroxylation is 1. The lowest BCUT2D eigenvalue weighted by atomic mass is 9.99. The monoisotopic (exact) mass is 610 g/mol. The quantitative estimate of drug-likeness (QED) is 0.0963. The number of nitrogens with one attached hydrogen (secondary N) is 1. The van der Waals surface area contributed by atoms with Gasteiger partial charge in [-0.15, -0.1) is 0 Å². The van der Waals surface area contributed by atoms with Crippen molar-refractivity contribution in [3.05, 3.63) is 59.0 Å². The Labute approximate surface area is 245 Å². The van der Waals surface area contributed by atoms with E-state index < -0.39 is 28.9 Å². The number of carboxylic acid groups (broad SMARTS) is 1. The maximum Gasteiger partial charge on any atom is 0.422 e. The predicted octanol–water partition coefficient (Wildman–Crippen LogP) is 7.95. The number of nitrogens with zero attached hydrogens (tertiary/aromatic N) is 3. The molecule has 2 N–H and O–H groups in total. The van der Waals surface area contributed by atoms with E-state index in [0.29, 0.717) is 23.3 Å². The standard InChI is InChI=1S/C29H34F4N4O4S/c1-2-3-4-5-6-7-10-20-13-14-22(17-23(20)29(31,32)33)37(28(40)41-19-35-16-9-12-24(38)39)27-36-25(26(30)42-27)21-11-8-15-34-18-21/h8,11,13-15,17-18,35H,2-7,9-10,12,16,19H2,1H3,(H,38,39). The molecule has 0 aliphatic carbocycles. The Morgan fingerprint density at radius 1 is 1.10 bits per heavy atom. The number of carbonyl (C=O) groups is 2. The number of alkyl halides is 3. The fraction of sp³-hybridized carbons (Fsp3) is 0.448. The first kappa shape index (κ1) is 32.9. The highest BCUT2D eigenvalue weighted by molar-refractivity contribution is 7.14. The number of aromatic nitrogens is 2. The summed E-state index contributed by atoms with van der Waals surface area (Å²) in [7, 11) is 0. The van der Waals surface area contributed by atoms with E-state index in [4.69, 9.17) is 9.84 Å². The largest absolute Gasteiger partial charge is 0.481 e. The fourth-order valence-electron chi connectivity index (χ4n) is 4.26. The number of carboxylic acids is 1. The van der Waals surface area contributed by atoms with Gasteiger partial charge < -0.3 is 9.84 Å². The van der Waals surface area contributed by atoms with Crippen molar-refractivity contribution < 1.29 is 37.0 Å². The van der Waals surface area contributed by atoms with Crippen molar-refractivity contribution in [2.24, 2.45) is 0 Å². The second kappa shape index (κ2) is 16.2. The number of amides is 1. The van der Waals surface area contributed by atoms with Crippen LogP contribution in [-0.2, 0) is 22.1 Å². The molecule has 1 amide bonds. The number of ether oxygens (including phenoxy) is 1. The van der Waals surface area contributed by atoms with Gasteiger partial charge in [0.1, 0.15) is 12.4 Å². The van der Waals surface area contributed by atoms with Gasteiger partial charge in [0.05, 0.1) is 11.3 Å². The molecule has 0 atom stereocenters. The van der Waals surface area contributed by atoms with Crippen LogP contribution in [0.2, 0.25) is 0 Å². The van der Waals surface area contributed by atoms with Gasteiger partial charge in [0.2, 0.25) is 10.3 Å². The van der Waals surface area contributed by atoms with Crippen LogP contribution in [0.15, 0.2) is 42.7 Å². The van der Waals surface area contributed by atoms with Crippen LogP contribution in [0.4, 0.5) is 33.2 Å². The molecule has 3 rings (SSSR count). The zero-order valence-electron chi connectivity index (χ0n) is 23.3. The first-order chi connectivity index (χ1) is 20.1. The number of pyridine rings is 1. The van der Waals surface area contributed by atoms with Gasteiger partial charge in [-0.1, -0.05) is 56.4 Å². The van der Waals surface area contributed by atoms with Crippen LogP contribution in [0.5, 0.6) is 0 Å². The van der Waals surface area contributed by atoms with E-state index in [-0.39, 0.29) is 54.6 Å². The molecule has 2 aromatic heterocycles. The molecule has 3 aromatic rings. The number of hydrogen-bond acceptors (Lipinski definition) is 7. The molecule has 8 nitrogen and oxygen atoms in total. The van der Waals surface area contributed by atoms with Crippen LogP contribution in [0.3, 0.4) is 0 Å². The van der Waals surface area contributed by atoms with Crippen molar-refractivity contribution in [2.45, 2.75) is 70.9 Å². The van der Waals surface area contributed by atoms with Crippen LogP contribution in [0, 0.1) is 5.13 Å². The Balaban J connectivity index is 1.89. The molecule has 0 saturated heterocycles. The minimum Gasteiger partial charge on any atom is -0.481 e. The van der Waals surface area contributed by atoms with Gasteiger partial charge in [-0.05, 0) is 55.6 Å². The fourth-order valence-corrected chi connectivity index (χ4v) is 5.09. The Hall–Kier alpha value is -3.58. The second-order valence-corrected chi connectivity index (χ2v) is 10.5. The number of anilines is 2. The van der Waals surface area contributed by atoms with Crippen LogP contribution in [-0.4, -0.2) is 40.4 Å². The molecule has 42 heavy (non-hydrogen) atoms. The summed E-state index contributed by atoms with van der Waals surface area (Å²) in [5.74, 6) is -0.976. The van der Waals surface area contributed by atoms with E-state index in [9.17, 15) is 27.2 Å². The van der Waals surface area contributed by atoms with E-state index in [1.54, 1.807) is 12.1 Å². The maximum absolute atomic E-state index is 15.0. The van der Waals surface area contributed by atoms with Crippen LogP contribution >= 0.6 is 11.3 Å². The van der Waals surface area contributed by atoms with Crippen molar-refractivity contribution in [3.63, 3.8) is 0 Å². The van der Waals surface area contributed by atoms with Gasteiger partial charge in [0.15, 0.2) is 0 Å². The number of carbonyl (C=O) groups excluding carboxylic acids is 1. The van der Waals surface area contributed by atoms with E-state index in [0.717, 1.165) is 43.1 Å². The highest BCUT2D eigenvalue weighted by Gasteiger charge is 2.35. The zero-order valence-corrected chi connectivity index (χ0v) is 24.1. The van der Waals surface area contributed by atoms with E-state index in [2.05, 4.69) is 22.2 Å². The van der Waals surface area contributed by atoms with Crippen LogP contribution < -0.4 is 10.2 Å². The Morgan fingerprint density at radius 3 is 2.55 bits per heavy atom. The Kier molecular flexibility index (Phi) is 12.7. The topological polar surface area (TPSA) is 105 Å². The molecule has 0 radical (unpaired) electrons. The van der Waals surface area contributed by atoms with Gasteiger partial charge >= 0.3 is 18.2 Å². The number of thiazole rings is 1. The second-order valence-electron chi connectivity index (χ2n) is 9.60. The molecule has 0 aliphatic heterocycles. The van der Waals surface area contributed by atoms with Crippen LogP contribution in [0.1, 0.15) is 69.4 Å². The van der Waals surface area contributed by atoms with Crippen molar-refractivity contribution in [1.82, 2.24) is 15.3 Å². The number of benzene rings is 1. The smallest absolute Gasteiger partial charge is 0.422 e. The molecular formula is C29H34F4N4O4S. The van der Waals surface area contributed by atoms with Crippen LogP contribution in [0.25, 0.3) is 11.3 Å². The van der Waals surface area contributed by atoms with Crippen molar-refractivity contribution in [1.29, 1.82) is 0 Å². The minimum atomic E-state index is -4.69. The summed E-state index contributed by atoms with van der Waals surface area (Å²) in [5, 5.41) is 10.5. The molecule has 13 heteroatoms. The third-order valence-electron chi connectivity index (χ3n) is 6.38. The summed E-state index contributed by atoms with van der Waals surface area (Å²) >= 11 is 0.484. The summed E-state index contributed by atoms with van der Waals surface area (Å²) in [6.45, 7) is 1.97. The van der Waals surface area contributed by atoms with Crippen molar-refractivity contribution in [3.8, 4) is 11.3 Å². The number of rotatable bonds is 16. The first-order valence-corrected chi connectivity index (χ1v) is 14.6. The summed E-state index contributed by atoms with van der Waals surface area (Å²) in [6.07, 6.45) is 3.08. The number of hydrogen-bond donors (Lipinski definition) is 2. The van der Waals surface area contributed by atoms with Crippen molar-refractivity contribution in [2.75, 3.05) is 18.2 Å². The Morgan fingerprint density at radius 2 is 1.86 bits per heavy atom. The van der Waals surface area contributed by atoms with Gasteiger partial charge in [-0.3, -0.25) is 15.1 Å². The lowest BCUT2D eigenvalue weighted by Gasteiger charge is -2.22. The molecule has 0 aliphatic rings. The molecule has 0 unspecified atom stereocenters. The molecule has 228 valence electrons. The molecular weight excluding hydrogens is 576 g/mol. The van der Waals surface area contributed by atoms with Gasteiger partial charge in [-0.25, -0.2) is 14.7 Å². The molecule has 0 bridgehead atoms. The average Bonchev–Trinajstić information content (AvgIpc) is 3.33. The summed E-state index contributed by atoms with van der Waals surface area (Å²) in [4.78, 5) is 32.8. The summed E-state index contributed by atoms with van der Waals surface area (Å²) in [5.41, 5.74) is -0.741. The highest BCUT2D eigenvalue weighted by atomic mass is 32.1. The van der Waals surface area contributed by atoms with E-state index in [1.807, 2.05) is 0 Å². The summed E-state index contributed by atoms with van der Waals surface area (Å²) in [6, 6.07) is 6.70.